The lowest BCUT2D eigenvalue weighted by Crippen LogP contribution is -1.91. The summed E-state index contributed by atoms with van der Waals surface area (Å²) in [7, 11) is 0. The second-order valence-corrected chi connectivity index (χ2v) is 4.62. The molecule has 2 aromatic rings. The van der Waals surface area contributed by atoms with Gasteiger partial charge in [-0.1, -0.05) is 67.3 Å². The Balaban J connectivity index is 2.66. The van der Waals surface area contributed by atoms with Crippen LogP contribution < -0.4 is 4.94 Å². The first-order valence-corrected chi connectivity index (χ1v) is 6.88. The molecule has 0 spiro atoms. The van der Waals surface area contributed by atoms with Crippen LogP contribution in [0, 0.1) is 0 Å². The number of phenols is 1. The summed E-state index contributed by atoms with van der Waals surface area (Å²) < 4.78 is 12.8. The average molecular weight is 296 g/mol. The summed E-state index contributed by atoms with van der Waals surface area (Å²) in [4.78, 5) is 3.88. The van der Waals surface area contributed by atoms with Crippen LogP contribution in [0.25, 0.3) is 16.7 Å². The Bertz CT molecular complexity index is 730. The highest BCUT2D eigenvalue weighted by Crippen LogP contribution is 2.40. The van der Waals surface area contributed by atoms with Crippen molar-refractivity contribution in [2.45, 2.75) is 6.92 Å². The molecule has 0 amide bonds. The van der Waals surface area contributed by atoms with Crippen molar-refractivity contribution in [3.8, 4) is 22.6 Å². The van der Waals surface area contributed by atoms with E-state index < -0.39 is 0 Å². The summed E-state index contributed by atoms with van der Waals surface area (Å²) in [6.45, 7) is 5.59. The molecule has 112 valence electrons. The van der Waals surface area contributed by atoms with E-state index in [2.05, 4.69) is 11.5 Å². The Hall–Kier alpha value is -2.81. The molecular formula is C19H17FO2. The van der Waals surface area contributed by atoms with Gasteiger partial charge in [0, 0.05) is 10.1 Å². The summed E-state index contributed by atoms with van der Waals surface area (Å²) in [5.74, 6) is -0.420. The minimum absolute atomic E-state index is 0.182. The quantitative estimate of drug-likeness (QED) is 0.741. The third kappa shape index (κ3) is 3.09. The van der Waals surface area contributed by atoms with Gasteiger partial charge in [0.15, 0.2) is 5.75 Å². The van der Waals surface area contributed by atoms with Gasteiger partial charge < -0.3 is 5.11 Å². The Kier molecular flexibility index (Phi) is 5.15. The molecule has 0 bridgehead atoms. The van der Waals surface area contributed by atoms with Crippen LogP contribution in [0.4, 0.5) is 4.53 Å². The van der Waals surface area contributed by atoms with Crippen LogP contribution >= 0.6 is 0 Å². The fourth-order valence-electron chi connectivity index (χ4n) is 2.30. The predicted octanol–water partition coefficient (Wildman–Crippen LogP) is 5.47. The number of phenolic OH excluding ortho intramolecular Hbond substituents is 1. The molecule has 0 heterocycles. The van der Waals surface area contributed by atoms with Crippen molar-refractivity contribution in [3.05, 3.63) is 78.9 Å². The van der Waals surface area contributed by atoms with Crippen LogP contribution in [0.2, 0.25) is 0 Å². The van der Waals surface area contributed by atoms with Crippen LogP contribution in [0.3, 0.4) is 0 Å². The molecule has 3 heteroatoms. The highest BCUT2D eigenvalue weighted by Gasteiger charge is 2.15. The molecule has 22 heavy (non-hydrogen) atoms. The molecule has 1 N–H and O–H groups in total. The van der Waals surface area contributed by atoms with Crippen LogP contribution in [-0.4, -0.2) is 5.11 Å². The summed E-state index contributed by atoms with van der Waals surface area (Å²) in [5, 5.41) is 9.77. The van der Waals surface area contributed by atoms with E-state index in [0.717, 1.165) is 16.7 Å². The number of aromatic hydroxyl groups is 1. The molecule has 2 aromatic carbocycles. The van der Waals surface area contributed by atoms with Gasteiger partial charge in [0.25, 0.3) is 0 Å². The monoisotopic (exact) mass is 296 g/mol. The summed E-state index contributed by atoms with van der Waals surface area (Å²) in [6.07, 6.45) is 7.40. The number of para-hydroxylation sites is 1. The van der Waals surface area contributed by atoms with E-state index in [-0.39, 0.29) is 11.5 Å². The van der Waals surface area contributed by atoms with Gasteiger partial charge >= 0.3 is 0 Å². The Morgan fingerprint density at radius 3 is 2.55 bits per heavy atom. The standard InChI is InChI=1S/C19H17FO2/c1-3-5-9-14(4-2)15-10-6-7-11-16(15)17-12-8-13-18(21)19(17)22-20/h3-13,21H,1H2,2H3/b9-5-,14-4+. The molecule has 0 atom stereocenters. The number of halogens is 1. The van der Waals surface area contributed by atoms with Gasteiger partial charge in [-0.05, 0) is 29.7 Å². The van der Waals surface area contributed by atoms with Crippen LogP contribution in [0.15, 0.2) is 73.3 Å². The number of hydrogen-bond donors (Lipinski definition) is 1. The van der Waals surface area contributed by atoms with Crippen LogP contribution in [0.5, 0.6) is 11.5 Å². The predicted molar refractivity (Wildman–Crippen MR) is 88.3 cm³/mol. The van der Waals surface area contributed by atoms with Gasteiger partial charge in [-0.25, -0.2) is 0 Å². The van der Waals surface area contributed by atoms with Crippen molar-refractivity contribution < 1.29 is 14.6 Å². The molecule has 0 fully saturated rings. The highest BCUT2D eigenvalue weighted by atomic mass is 19.3. The van der Waals surface area contributed by atoms with Crippen molar-refractivity contribution in [1.82, 2.24) is 0 Å². The van der Waals surface area contributed by atoms with Gasteiger partial charge in [0.2, 0.25) is 5.75 Å². The van der Waals surface area contributed by atoms with Gasteiger partial charge in [0.05, 0.1) is 0 Å². The maximum absolute atomic E-state index is 12.8. The third-order valence-corrected chi connectivity index (χ3v) is 3.32. The van der Waals surface area contributed by atoms with E-state index in [9.17, 15) is 9.63 Å². The molecule has 0 aromatic heterocycles. The van der Waals surface area contributed by atoms with Crippen molar-refractivity contribution in [2.75, 3.05) is 0 Å². The van der Waals surface area contributed by atoms with E-state index in [1.807, 2.05) is 49.4 Å². The van der Waals surface area contributed by atoms with Crippen molar-refractivity contribution in [3.63, 3.8) is 0 Å². The van der Waals surface area contributed by atoms with E-state index in [0.29, 0.717) is 5.56 Å². The highest BCUT2D eigenvalue weighted by molar-refractivity contribution is 5.88. The lowest BCUT2D eigenvalue weighted by molar-refractivity contribution is -0.00817. The van der Waals surface area contributed by atoms with E-state index >= 15 is 0 Å². The molecule has 0 saturated carbocycles. The zero-order valence-corrected chi connectivity index (χ0v) is 12.3. The first-order valence-electron chi connectivity index (χ1n) is 6.88. The minimum Gasteiger partial charge on any atom is -0.504 e. The van der Waals surface area contributed by atoms with Crippen molar-refractivity contribution in [2.24, 2.45) is 0 Å². The third-order valence-electron chi connectivity index (χ3n) is 3.32. The molecule has 0 radical (unpaired) electrons. The lowest BCUT2D eigenvalue weighted by Gasteiger charge is -2.13. The Morgan fingerprint density at radius 1 is 1.14 bits per heavy atom. The number of allylic oxidation sites excluding steroid dienone is 5. The van der Waals surface area contributed by atoms with Crippen molar-refractivity contribution in [1.29, 1.82) is 0 Å². The molecule has 2 nitrogen and oxygen atoms in total. The zero-order valence-electron chi connectivity index (χ0n) is 12.3. The average Bonchev–Trinajstić information content (AvgIpc) is 2.56. The SMILES string of the molecule is C=C/C=C\C(=C/C)c1ccccc1-c1cccc(O)c1OF. The topological polar surface area (TPSA) is 29.5 Å². The zero-order chi connectivity index (χ0) is 15.9. The fourth-order valence-corrected chi connectivity index (χ4v) is 2.30. The maximum Gasteiger partial charge on any atom is 0.221 e. The van der Waals surface area contributed by atoms with Crippen LogP contribution in [0.1, 0.15) is 12.5 Å². The normalized spacial score (nSPS) is 11.6. The molecular weight excluding hydrogens is 279 g/mol. The van der Waals surface area contributed by atoms with Crippen LogP contribution in [-0.2, 0) is 0 Å². The van der Waals surface area contributed by atoms with Crippen molar-refractivity contribution >= 4 is 5.57 Å². The van der Waals surface area contributed by atoms with Gasteiger partial charge in [-0.3, -0.25) is 4.94 Å². The molecule has 0 unspecified atom stereocenters. The maximum atomic E-state index is 12.8. The Morgan fingerprint density at radius 2 is 1.86 bits per heavy atom. The number of hydrogen-bond acceptors (Lipinski definition) is 2. The molecule has 0 saturated heterocycles. The number of benzene rings is 2. The van der Waals surface area contributed by atoms with E-state index in [1.54, 1.807) is 18.2 Å². The smallest absolute Gasteiger partial charge is 0.221 e. The second-order valence-electron chi connectivity index (χ2n) is 4.62. The van der Waals surface area contributed by atoms with Gasteiger partial charge in [-0.2, -0.15) is 0 Å². The second kappa shape index (κ2) is 7.27. The van der Waals surface area contributed by atoms with Gasteiger partial charge in [0.1, 0.15) is 0 Å². The largest absolute Gasteiger partial charge is 0.504 e. The molecule has 0 aliphatic carbocycles. The minimum atomic E-state index is -0.238. The Labute approximate surface area is 129 Å². The first-order chi connectivity index (χ1) is 10.7. The van der Waals surface area contributed by atoms with Gasteiger partial charge in [-0.15, -0.1) is 0 Å². The summed E-state index contributed by atoms with van der Waals surface area (Å²) in [5.41, 5.74) is 3.13. The number of rotatable bonds is 5. The summed E-state index contributed by atoms with van der Waals surface area (Å²) in [6, 6.07) is 12.3. The first kappa shape index (κ1) is 15.6. The molecule has 0 aliphatic heterocycles. The fraction of sp³-hybridized carbons (Fsp3) is 0.0526. The van der Waals surface area contributed by atoms with E-state index in [1.165, 1.54) is 6.07 Å². The lowest BCUT2D eigenvalue weighted by atomic mass is 9.93. The van der Waals surface area contributed by atoms with E-state index in [4.69, 9.17) is 0 Å². The molecule has 0 aliphatic rings. The summed E-state index contributed by atoms with van der Waals surface area (Å²) >= 11 is 0. The molecule has 2 rings (SSSR count).